The summed E-state index contributed by atoms with van der Waals surface area (Å²) in [5, 5.41) is 3.53. The Hall–Kier alpha value is -1.75. The minimum atomic E-state index is -3.88. The largest absolute Gasteiger partial charge is 0.354 e. The number of carbonyl (C=O) groups excluding carboxylic acids is 1. The van der Waals surface area contributed by atoms with Crippen molar-refractivity contribution in [3.05, 3.63) is 87.5 Å². The molecule has 5 nitrogen and oxygen atoms in total. The average Bonchev–Trinajstić information content (AvgIpc) is 2.80. The normalized spacial score (nSPS) is 11.2. The van der Waals surface area contributed by atoms with Crippen molar-refractivity contribution >= 4 is 67.6 Å². The standard InChI is InChI=1S/C23H22ClIN2O3S2/c24-18-7-13-21(14-8-18)31-16-4-15-26-23(28)17-27(20-11-9-19(25)10-12-20)32(29,30)22-5-2-1-3-6-22/h1-3,5-14H,4,15-17H2,(H,26,28). The first kappa shape index (κ1) is 24.9. The molecule has 0 heterocycles. The van der Waals surface area contributed by atoms with Crippen molar-refractivity contribution in [3.63, 3.8) is 0 Å². The molecule has 0 atom stereocenters. The van der Waals surface area contributed by atoms with Crippen molar-refractivity contribution in [1.29, 1.82) is 0 Å². The molecule has 0 spiro atoms. The van der Waals surface area contributed by atoms with Gasteiger partial charge in [-0.1, -0.05) is 29.8 Å². The number of nitrogens with zero attached hydrogens (tertiary/aromatic N) is 1. The van der Waals surface area contributed by atoms with Crippen LogP contribution >= 0.6 is 46.0 Å². The Kier molecular flexibility index (Phi) is 9.27. The number of benzene rings is 3. The molecule has 3 aromatic carbocycles. The van der Waals surface area contributed by atoms with Crippen molar-refractivity contribution in [2.45, 2.75) is 16.2 Å². The summed E-state index contributed by atoms with van der Waals surface area (Å²) >= 11 is 9.72. The van der Waals surface area contributed by atoms with E-state index in [1.54, 1.807) is 42.1 Å². The van der Waals surface area contributed by atoms with Crippen molar-refractivity contribution in [1.82, 2.24) is 5.32 Å². The average molecular weight is 601 g/mol. The highest BCUT2D eigenvalue weighted by molar-refractivity contribution is 14.1. The number of carbonyl (C=O) groups is 1. The van der Waals surface area contributed by atoms with Crippen molar-refractivity contribution < 1.29 is 13.2 Å². The molecule has 168 valence electrons. The molecule has 3 aromatic rings. The van der Waals surface area contributed by atoms with E-state index in [4.69, 9.17) is 11.6 Å². The molecule has 0 saturated carbocycles. The molecule has 0 saturated heterocycles. The van der Waals surface area contributed by atoms with Crippen LogP contribution in [0, 0.1) is 3.57 Å². The lowest BCUT2D eigenvalue weighted by Gasteiger charge is -2.24. The summed E-state index contributed by atoms with van der Waals surface area (Å²) in [6.07, 6.45) is 0.758. The maximum Gasteiger partial charge on any atom is 0.264 e. The minimum Gasteiger partial charge on any atom is -0.354 e. The van der Waals surface area contributed by atoms with Gasteiger partial charge >= 0.3 is 0 Å². The first-order valence-electron chi connectivity index (χ1n) is 9.85. The van der Waals surface area contributed by atoms with Crippen LogP contribution in [0.5, 0.6) is 0 Å². The number of hydrogen-bond donors (Lipinski definition) is 1. The minimum absolute atomic E-state index is 0.144. The topological polar surface area (TPSA) is 66.5 Å². The van der Waals surface area contributed by atoms with Crippen LogP contribution in [0.1, 0.15) is 6.42 Å². The van der Waals surface area contributed by atoms with Gasteiger partial charge in [0.2, 0.25) is 5.91 Å². The zero-order valence-corrected chi connectivity index (χ0v) is 21.6. The zero-order valence-electron chi connectivity index (χ0n) is 17.1. The molecule has 0 fully saturated rings. The summed E-state index contributed by atoms with van der Waals surface area (Å²) in [6, 6.07) is 22.8. The molecule has 0 bridgehead atoms. The Balaban J connectivity index is 1.61. The second-order valence-corrected chi connectivity index (χ2v) is 11.5. The highest BCUT2D eigenvalue weighted by Gasteiger charge is 2.26. The van der Waals surface area contributed by atoms with E-state index in [-0.39, 0.29) is 17.3 Å². The fraction of sp³-hybridized carbons (Fsp3) is 0.174. The quantitative estimate of drug-likeness (QED) is 0.191. The number of amides is 1. The molecule has 9 heteroatoms. The molecule has 0 aliphatic carbocycles. The number of thioether (sulfide) groups is 1. The first-order chi connectivity index (χ1) is 15.4. The van der Waals surface area contributed by atoms with E-state index in [9.17, 15) is 13.2 Å². The van der Waals surface area contributed by atoms with Gasteiger partial charge in [-0.25, -0.2) is 8.42 Å². The third-order valence-electron chi connectivity index (χ3n) is 4.46. The van der Waals surface area contributed by atoms with Crippen LogP contribution in [0.3, 0.4) is 0 Å². The Bertz CT molecular complexity index is 1130. The first-order valence-corrected chi connectivity index (χ1v) is 13.7. The van der Waals surface area contributed by atoms with Crippen molar-refractivity contribution in [2.75, 3.05) is 23.1 Å². The zero-order chi connectivity index (χ0) is 23.0. The number of halogens is 2. The number of hydrogen-bond acceptors (Lipinski definition) is 4. The summed E-state index contributed by atoms with van der Waals surface area (Å²) < 4.78 is 28.6. The molecule has 0 aliphatic rings. The van der Waals surface area contributed by atoms with E-state index in [2.05, 4.69) is 27.9 Å². The molecule has 0 aliphatic heterocycles. The molecular formula is C23H22ClIN2O3S2. The Morgan fingerprint density at radius 2 is 1.62 bits per heavy atom. The number of nitrogens with one attached hydrogen (secondary N) is 1. The summed E-state index contributed by atoms with van der Waals surface area (Å²) in [4.78, 5) is 13.9. The molecule has 3 rings (SSSR count). The van der Waals surface area contributed by atoms with E-state index in [1.165, 1.54) is 12.1 Å². The second-order valence-electron chi connectivity index (χ2n) is 6.81. The van der Waals surface area contributed by atoms with E-state index in [0.717, 1.165) is 24.9 Å². The second kappa shape index (κ2) is 11.9. The molecular weight excluding hydrogens is 579 g/mol. The van der Waals surface area contributed by atoms with Crippen LogP contribution < -0.4 is 9.62 Å². The predicted octanol–water partition coefficient (Wildman–Crippen LogP) is 5.44. The van der Waals surface area contributed by atoms with Gasteiger partial charge in [-0.2, -0.15) is 0 Å². The van der Waals surface area contributed by atoms with Crippen LogP contribution in [0.15, 0.2) is 88.7 Å². The van der Waals surface area contributed by atoms with Crippen LogP contribution in [0.2, 0.25) is 5.02 Å². The molecule has 0 radical (unpaired) electrons. The lowest BCUT2D eigenvalue weighted by atomic mass is 10.3. The molecule has 1 N–H and O–H groups in total. The van der Waals surface area contributed by atoms with Gasteiger partial charge in [0, 0.05) is 20.0 Å². The van der Waals surface area contributed by atoms with Crippen molar-refractivity contribution in [2.24, 2.45) is 0 Å². The third-order valence-corrected chi connectivity index (χ3v) is 8.32. The fourth-order valence-electron chi connectivity index (χ4n) is 2.85. The molecule has 1 amide bonds. The van der Waals surface area contributed by atoms with E-state index in [1.807, 2.05) is 36.4 Å². The lowest BCUT2D eigenvalue weighted by Crippen LogP contribution is -2.41. The van der Waals surface area contributed by atoms with Crippen LogP contribution in [0.4, 0.5) is 5.69 Å². The van der Waals surface area contributed by atoms with Gasteiger partial charge in [-0.15, -0.1) is 11.8 Å². The smallest absolute Gasteiger partial charge is 0.264 e. The summed E-state index contributed by atoms with van der Waals surface area (Å²) in [5.41, 5.74) is 0.447. The monoisotopic (exact) mass is 600 g/mol. The lowest BCUT2D eigenvalue weighted by molar-refractivity contribution is -0.119. The summed E-state index contributed by atoms with van der Waals surface area (Å²) in [7, 11) is -3.88. The number of anilines is 1. The Morgan fingerprint density at radius 1 is 0.969 bits per heavy atom. The highest BCUT2D eigenvalue weighted by atomic mass is 127. The van der Waals surface area contributed by atoms with Gasteiger partial charge < -0.3 is 5.32 Å². The third kappa shape index (κ3) is 7.13. The molecule has 32 heavy (non-hydrogen) atoms. The molecule has 0 aromatic heterocycles. The maximum absolute atomic E-state index is 13.2. The van der Waals surface area contributed by atoms with E-state index >= 15 is 0 Å². The van der Waals surface area contributed by atoms with Gasteiger partial charge in [0.1, 0.15) is 6.54 Å². The Labute approximate surface area is 211 Å². The maximum atomic E-state index is 13.2. The Morgan fingerprint density at radius 3 is 2.28 bits per heavy atom. The van der Waals surface area contributed by atoms with Gasteiger partial charge in [0.25, 0.3) is 10.0 Å². The summed E-state index contributed by atoms with van der Waals surface area (Å²) in [6.45, 7) is 0.174. The van der Waals surface area contributed by atoms with E-state index in [0.29, 0.717) is 17.3 Å². The highest BCUT2D eigenvalue weighted by Crippen LogP contribution is 2.24. The van der Waals surface area contributed by atoms with Gasteiger partial charge in [-0.3, -0.25) is 9.10 Å². The number of rotatable bonds is 10. The van der Waals surface area contributed by atoms with Crippen LogP contribution in [-0.2, 0) is 14.8 Å². The SMILES string of the molecule is O=C(CN(c1ccc(I)cc1)S(=O)(=O)c1ccccc1)NCCCSc1ccc(Cl)cc1. The number of sulfonamides is 1. The molecule has 0 unspecified atom stereocenters. The van der Waals surface area contributed by atoms with E-state index < -0.39 is 10.0 Å². The fourth-order valence-corrected chi connectivity index (χ4v) is 5.63. The summed E-state index contributed by atoms with van der Waals surface area (Å²) in [5.74, 6) is 0.477. The van der Waals surface area contributed by atoms with Gasteiger partial charge in [-0.05, 0) is 95.4 Å². The van der Waals surface area contributed by atoms with Gasteiger partial charge in [0.15, 0.2) is 0 Å². The van der Waals surface area contributed by atoms with Gasteiger partial charge in [0.05, 0.1) is 10.6 Å². The predicted molar refractivity (Wildman–Crippen MR) is 140 cm³/mol. The van der Waals surface area contributed by atoms with Crippen molar-refractivity contribution in [3.8, 4) is 0 Å². The van der Waals surface area contributed by atoms with Crippen LogP contribution in [-0.4, -0.2) is 33.2 Å². The van der Waals surface area contributed by atoms with Crippen LogP contribution in [0.25, 0.3) is 0 Å².